The van der Waals surface area contributed by atoms with Gasteiger partial charge in [-0.2, -0.15) is 0 Å². The van der Waals surface area contributed by atoms with Crippen molar-refractivity contribution < 1.29 is 9.53 Å². The summed E-state index contributed by atoms with van der Waals surface area (Å²) in [6.45, 7) is 6.73. The summed E-state index contributed by atoms with van der Waals surface area (Å²) >= 11 is 0. The maximum Gasteiger partial charge on any atom is 0.310 e. The number of hydrogen-bond donors (Lipinski definition) is 1. The zero-order valence-corrected chi connectivity index (χ0v) is 10.6. The maximum atomic E-state index is 11.7. The van der Waals surface area contributed by atoms with E-state index in [2.05, 4.69) is 19.2 Å². The standard InChI is InChI=1S/C13H25NO2/c1-3-5-6-11(4-2)10-16-13(15)12-7-8-14-9-12/h11-12,14H,3-10H2,1-2H3. The predicted molar refractivity (Wildman–Crippen MR) is 65.2 cm³/mol. The van der Waals surface area contributed by atoms with Gasteiger partial charge in [-0.3, -0.25) is 4.79 Å². The lowest BCUT2D eigenvalue weighted by molar-refractivity contribution is -0.149. The Morgan fingerprint density at radius 1 is 1.50 bits per heavy atom. The highest BCUT2D eigenvalue weighted by molar-refractivity contribution is 5.73. The number of nitrogens with one attached hydrogen (secondary N) is 1. The van der Waals surface area contributed by atoms with Crippen LogP contribution in [0.15, 0.2) is 0 Å². The van der Waals surface area contributed by atoms with E-state index in [1.54, 1.807) is 0 Å². The molecule has 1 fully saturated rings. The molecular weight excluding hydrogens is 202 g/mol. The minimum absolute atomic E-state index is 0.0000477. The molecule has 0 saturated carbocycles. The Morgan fingerprint density at radius 3 is 2.88 bits per heavy atom. The molecule has 0 bridgehead atoms. The third-order valence-corrected chi connectivity index (χ3v) is 3.40. The topological polar surface area (TPSA) is 38.3 Å². The van der Waals surface area contributed by atoms with Crippen molar-refractivity contribution in [2.75, 3.05) is 19.7 Å². The molecule has 2 unspecified atom stereocenters. The predicted octanol–water partition coefficient (Wildman–Crippen LogP) is 2.36. The third kappa shape index (κ3) is 4.52. The van der Waals surface area contributed by atoms with Crippen molar-refractivity contribution in [1.29, 1.82) is 0 Å². The second-order valence-corrected chi connectivity index (χ2v) is 4.74. The van der Waals surface area contributed by atoms with Gasteiger partial charge in [0, 0.05) is 6.54 Å². The Balaban J connectivity index is 2.17. The Kier molecular flexibility index (Phi) is 6.46. The molecule has 1 heterocycles. The van der Waals surface area contributed by atoms with Crippen molar-refractivity contribution in [1.82, 2.24) is 5.32 Å². The summed E-state index contributed by atoms with van der Waals surface area (Å²) in [6.07, 6.45) is 5.68. The van der Waals surface area contributed by atoms with Crippen molar-refractivity contribution in [3.8, 4) is 0 Å². The van der Waals surface area contributed by atoms with E-state index in [-0.39, 0.29) is 11.9 Å². The molecule has 1 aliphatic heterocycles. The van der Waals surface area contributed by atoms with Gasteiger partial charge >= 0.3 is 5.97 Å². The molecule has 0 radical (unpaired) electrons. The number of carbonyl (C=O) groups excluding carboxylic acids is 1. The molecule has 94 valence electrons. The molecule has 3 nitrogen and oxygen atoms in total. The van der Waals surface area contributed by atoms with E-state index in [4.69, 9.17) is 4.74 Å². The first kappa shape index (κ1) is 13.5. The van der Waals surface area contributed by atoms with E-state index in [1.807, 2.05) is 0 Å². The third-order valence-electron chi connectivity index (χ3n) is 3.40. The monoisotopic (exact) mass is 227 g/mol. The number of carbonyl (C=O) groups is 1. The van der Waals surface area contributed by atoms with Crippen LogP contribution in [0.4, 0.5) is 0 Å². The second-order valence-electron chi connectivity index (χ2n) is 4.74. The Morgan fingerprint density at radius 2 is 2.31 bits per heavy atom. The van der Waals surface area contributed by atoms with Gasteiger partial charge in [0.1, 0.15) is 0 Å². The second kappa shape index (κ2) is 7.66. The van der Waals surface area contributed by atoms with Gasteiger partial charge in [-0.05, 0) is 25.3 Å². The summed E-state index contributed by atoms with van der Waals surface area (Å²) < 4.78 is 5.40. The minimum atomic E-state index is -0.0000477. The molecule has 1 N–H and O–H groups in total. The molecule has 3 heteroatoms. The SMILES string of the molecule is CCCCC(CC)COC(=O)C1CCNC1. The van der Waals surface area contributed by atoms with Crippen LogP contribution in [0.25, 0.3) is 0 Å². The lowest BCUT2D eigenvalue weighted by Gasteiger charge is -2.16. The molecule has 1 rings (SSSR count). The molecule has 1 saturated heterocycles. The summed E-state index contributed by atoms with van der Waals surface area (Å²) in [7, 11) is 0. The number of esters is 1. The van der Waals surface area contributed by atoms with E-state index in [0.29, 0.717) is 12.5 Å². The highest BCUT2D eigenvalue weighted by Crippen LogP contribution is 2.15. The summed E-state index contributed by atoms with van der Waals surface area (Å²) in [5.41, 5.74) is 0. The molecule has 0 aliphatic carbocycles. The van der Waals surface area contributed by atoms with Crippen molar-refractivity contribution >= 4 is 5.97 Å². The van der Waals surface area contributed by atoms with Crippen LogP contribution >= 0.6 is 0 Å². The number of ether oxygens (including phenoxy) is 1. The highest BCUT2D eigenvalue weighted by atomic mass is 16.5. The van der Waals surface area contributed by atoms with Gasteiger partial charge in [0.2, 0.25) is 0 Å². The van der Waals surface area contributed by atoms with Crippen molar-refractivity contribution in [3.05, 3.63) is 0 Å². The molecule has 0 aromatic carbocycles. The molecule has 0 spiro atoms. The van der Waals surface area contributed by atoms with Gasteiger partial charge in [0.05, 0.1) is 12.5 Å². The van der Waals surface area contributed by atoms with E-state index < -0.39 is 0 Å². The quantitative estimate of drug-likeness (QED) is 0.678. The van der Waals surface area contributed by atoms with Crippen LogP contribution in [0.5, 0.6) is 0 Å². The summed E-state index contributed by atoms with van der Waals surface area (Å²) in [5, 5.41) is 3.19. The molecule has 1 aliphatic rings. The molecule has 16 heavy (non-hydrogen) atoms. The molecule has 0 amide bonds. The van der Waals surface area contributed by atoms with Gasteiger partial charge in [-0.1, -0.05) is 33.1 Å². The fourth-order valence-electron chi connectivity index (χ4n) is 2.07. The first-order valence-electron chi connectivity index (χ1n) is 6.65. The molecule has 2 atom stereocenters. The van der Waals surface area contributed by atoms with Crippen LogP contribution in [0.1, 0.15) is 46.0 Å². The number of rotatable bonds is 7. The first-order chi connectivity index (χ1) is 7.77. The van der Waals surface area contributed by atoms with Crippen molar-refractivity contribution in [3.63, 3.8) is 0 Å². The van der Waals surface area contributed by atoms with Gasteiger partial charge in [0.15, 0.2) is 0 Å². The van der Waals surface area contributed by atoms with Crippen LogP contribution in [0.2, 0.25) is 0 Å². The van der Waals surface area contributed by atoms with Crippen LogP contribution in [0, 0.1) is 11.8 Å². The summed E-state index contributed by atoms with van der Waals surface area (Å²) in [4.78, 5) is 11.7. The largest absolute Gasteiger partial charge is 0.465 e. The maximum absolute atomic E-state index is 11.7. The minimum Gasteiger partial charge on any atom is -0.465 e. The average Bonchev–Trinajstić information content (AvgIpc) is 2.82. The highest BCUT2D eigenvalue weighted by Gasteiger charge is 2.24. The van der Waals surface area contributed by atoms with Gasteiger partial charge < -0.3 is 10.1 Å². The smallest absolute Gasteiger partial charge is 0.310 e. The van der Waals surface area contributed by atoms with E-state index in [9.17, 15) is 4.79 Å². The van der Waals surface area contributed by atoms with Crippen LogP contribution in [-0.2, 0) is 9.53 Å². The Hall–Kier alpha value is -0.570. The number of hydrogen-bond acceptors (Lipinski definition) is 3. The molecular formula is C13H25NO2. The fraction of sp³-hybridized carbons (Fsp3) is 0.923. The molecule has 0 aromatic rings. The fourth-order valence-corrected chi connectivity index (χ4v) is 2.07. The van der Waals surface area contributed by atoms with Crippen LogP contribution in [0.3, 0.4) is 0 Å². The van der Waals surface area contributed by atoms with E-state index >= 15 is 0 Å². The summed E-state index contributed by atoms with van der Waals surface area (Å²) in [6, 6.07) is 0. The summed E-state index contributed by atoms with van der Waals surface area (Å²) in [5.74, 6) is 0.655. The van der Waals surface area contributed by atoms with Gasteiger partial charge in [-0.15, -0.1) is 0 Å². The zero-order chi connectivity index (χ0) is 11.8. The van der Waals surface area contributed by atoms with E-state index in [1.165, 1.54) is 19.3 Å². The van der Waals surface area contributed by atoms with E-state index in [0.717, 1.165) is 25.9 Å². The van der Waals surface area contributed by atoms with Gasteiger partial charge in [-0.25, -0.2) is 0 Å². The van der Waals surface area contributed by atoms with Crippen molar-refractivity contribution in [2.45, 2.75) is 46.0 Å². The lowest BCUT2D eigenvalue weighted by atomic mass is 10.0. The first-order valence-corrected chi connectivity index (χ1v) is 6.65. The van der Waals surface area contributed by atoms with Gasteiger partial charge in [0.25, 0.3) is 0 Å². The van der Waals surface area contributed by atoms with Crippen LogP contribution < -0.4 is 5.32 Å². The number of unbranched alkanes of at least 4 members (excludes halogenated alkanes) is 1. The Bertz CT molecular complexity index is 200. The Labute approximate surface area is 98.9 Å². The average molecular weight is 227 g/mol. The van der Waals surface area contributed by atoms with Crippen LogP contribution in [-0.4, -0.2) is 25.7 Å². The normalized spacial score (nSPS) is 22.0. The zero-order valence-electron chi connectivity index (χ0n) is 10.6. The molecule has 0 aromatic heterocycles. The van der Waals surface area contributed by atoms with Crippen molar-refractivity contribution in [2.24, 2.45) is 11.8 Å². The lowest BCUT2D eigenvalue weighted by Crippen LogP contribution is -2.23.